The highest BCUT2D eigenvalue weighted by Gasteiger charge is 2.25. The highest BCUT2D eigenvalue weighted by atomic mass is 35.5. The van der Waals surface area contributed by atoms with Crippen molar-refractivity contribution in [2.24, 2.45) is 0 Å². The second-order valence-corrected chi connectivity index (χ2v) is 9.90. The lowest BCUT2D eigenvalue weighted by atomic mass is 9.95. The van der Waals surface area contributed by atoms with Gasteiger partial charge in [-0.15, -0.1) is 0 Å². The lowest BCUT2D eigenvalue weighted by molar-refractivity contribution is 0.219. The molecular formula is C26H24Cl2N2OS. The van der Waals surface area contributed by atoms with Gasteiger partial charge in [0.15, 0.2) is 0 Å². The van der Waals surface area contributed by atoms with Crippen LogP contribution in [0.4, 0.5) is 0 Å². The molecule has 164 valence electrons. The molecule has 1 N–H and O–H groups in total. The van der Waals surface area contributed by atoms with Gasteiger partial charge >= 0.3 is 0 Å². The van der Waals surface area contributed by atoms with E-state index in [1.807, 2.05) is 54.6 Å². The second kappa shape index (κ2) is 10.1. The zero-order chi connectivity index (χ0) is 22.7. The Morgan fingerprint density at radius 1 is 0.969 bits per heavy atom. The van der Waals surface area contributed by atoms with Crippen LogP contribution in [0.5, 0.6) is 0 Å². The van der Waals surface area contributed by atoms with E-state index in [0.29, 0.717) is 16.6 Å². The zero-order valence-electron chi connectivity index (χ0n) is 17.9. The van der Waals surface area contributed by atoms with Gasteiger partial charge in [-0.05, 0) is 52.9 Å². The SMILES string of the molecule is CC(C)c1c(C(O)c2ccccc2)cn(Cc2ccncc2)c1Sc1cc(Cl)cc(Cl)c1. The third-order valence-electron chi connectivity index (χ3n) is 5.24. The molecule has 2 aromatic heterocycles. The van der Waals surface area contributed by atoms with Crippen molar-refractivity contribution in [3.05, 3.63) is 112 Å². The summed E-state index contributed by atoms with van der Waals surface area (Å²) >= 11 is 14.2. The maximum Gasteiger partial charge on any atom is 0.106 e. The van der Waals surface area contributed by atoms with Crippen molar-refractivity contribution >= 4 is 35.0 Å². The van der Waals surface area contributed by atoms with Gasteiger partial charge in [-0.3, -0.25) is 4.98 Å². The van der Waals surface area contributed by atoms with E-state index < -0.39 is 6.10 Å². The van der Waals surface area contributed by atoms with E-state index in [1.165, 1.54) is 0 Å². The van der Waals surface area contributed by atoms with E-state index in [1.54, 1.807) is 30.2 Å². The van der Waals surface area contributed by atoms with Gasteiger partial charge in [0.2, 0.25) is 0 Å². The molecule has 0 bridgehead atoms. The van der Waals surface area contributed by atoms with Crippen molar-refractivity contribution in [1.29, 1.82) is 0 Å². The number of rotatable bonds is 7. The zero-order valence-corrected chi connectivity index (χ0v) is 20.2. The molecule has 0 amide bonds. The lowest BCUT2D eigenvalue weighted by Gasteiger charge is -2.16. The lowest BCUT2D eigenvalue weighted by Crippen LogP contribution is -2.03. The number of aliphatic hydroxyl groups excluding tert-OH is 1. The van der Waals surface area contributed by atoms with Gasteiger partial charge < -0.3 is 9.67 Å². The Kier molecular flexibility index (Phi) is 7.27. The van der Waals surface area contributed by atoms with Gasteiger partial charge in [0.25, 0.3) is 0 Å². The predicted molar refractivity (Wildman–Crippen MR) is 133 cm³/mol. The summed E-state index contributed by atoms with van der Waals surface area (Å²) in [7, 11) is 0. The van der Waals surface area contributed by atoms with Crippen molar-refractivity contribution in [2.75, 3.05) is 0 Å². The number of halogens is 2. The van der Waals surface area contributed by atoms with E-state index >= 15 is 0 Å². The normalized spacial score (nSPS) is 12.3. The molecule has 0 aliphatic rings. The van der Waals surface area contributed by atoms with Crippen LogP contribution < -0.4 is 0 Å². The average Bonchev–Trinajstić information content (AvgIpc) is 3.11. The smallest absolute Gasteiger partial charge is 0.106 e. The maximum absolute atomic E-state index is 11.3. The summed E-state index contributed by atoms with van der Waals surface area (Å²) in [5.74, 6) is 0.208. The van der Waals surface area contributed by atoms with Crippen molar-refractivity contribution in [3.8, 4) is 0 Å². The molecule has 2 heterocycles. The summed E-state index contributed by atoms with van der Waals surface area (Å²) in [6.45, 7) is 4.98. The van der Waals surface area contributed by atoms with Crippen LogP contribution >= 0.6 is 35.0 Å². The summed E-state index contributed by atoms with van der Waals surface area (Å²) in [5.41, 5.74) is 4.04. The molecule has 32 heavy (non-hydrogen) atoms. The van der Waals surface area contributed by atoms with Crippen LogP contribution in [-0.2, 0) is 6.54 Å². The Labute approximate surface area is 203 Å². The molecule has 0 saturated carbocycles. The van der Waals surface area contributed by atoms with Gasteiger partial charge in [-0.1, -0.05) is 79.1 Å². The minimum Gasteiger partial charge on any atom is -0.384 e. The fraction of sp³-hybridized carbons (Fsp3) is 0.192. The van der Waals surface area contributed by atoms with Gasteiger partial charge in [0.05, 0.1) is 5.03 Å². The molecule has 0 radical (unpaired) electrons. The molecule has 4 aromatic rings. The summed E-state index contributed by atoms with van der Waals surface area (Å²) < 4.78 is 2.20. The molecular weight excluding hydrogens is 459 g/mol. The van der Waals surface area contributed by atoms with Crippen LogP contribution in [0.3, 0.4) is 0 Å². The fourth-order valence-corrected chi connectivity index (χ4v) is 5.75. The van der Waals surface area contributed by atoms with Crippen LogP contribution in [0.1, 0.15) is 48.1 Å². The number of pyridine rings is 1. The number of benzene rings is 2. The van der Waals surface area contributed by atoms with Crippen LogP contribution in [0.2, 0.25) is 10.0 Å². The third-order valence-corrected chi connectivity index (χ3v) is 6.79. The summed E-state index contributed by atoms with van der Waals surface area (Å²) in [6.07, 6.45) is 4.95. The number of hydrogen-bond acceptors (Lipinski definition) is 3. The first-order valence-electron chi connectivity index (χ1n) is 10.4. The highest BCUT2D eigenvalue weighted by Crippen LogP contribution is 2.42. The molecule has 6 heteroatoms. The van der Waals surface area contributed by atoms with Crippen molar-refractivity contribution in [2.45, 2.75) is 42.3 Å². The second-order valence-electron chi connectivity index (χ2n) is 7.96. The number of aliphatic hydroxyl groups is 1. The van der Waals surface area contributed by atoms with Gasteiger partial charge in [-0.25, -0.2) is 0 Å². The first kappa shape index (κ1) is 22.9. The largest absolute Gasteiger partial charge is 0.384 e. The molecule has 4 rings (SSSR count). The molecule has 3 nitrogen and oxygen atoms in total. The fourth-order valence-electron chi connectivity index (χ4n) is 3.80. The van der Waals surface area contributed by atoms with Crippen LogP contribution in [0.15, 0.2) is 89.2 Å². The number of hydrogen-bond donors (Lipinski definition) is 1. The van der Waals surface area contributed by atoms with E-state index in [-0.39, 0.29) is 5.92 Å². The van der Waals surface area contributed by atoms with Crippen molar-refractivity contribution in [3.63, 3.8) is 0 Å². The average molecular weight is 483 g/mol. The maximum atomic E-state index is 11.3. The standard InChI is InChI=1S/C26H24Cl2N2OS/c1-17(2)24-23(25(31)19-6-4-3-5-7-19)16-30(15-18-8-10-29-11-9-18)26(24)32-22-13-20(27)12-21(28)14-22/h3-14,16-17,25,31H,15H2,1-2H3. The minimum absolute atomic E-state index is 0.208. The topological polar surface area (TPSA) is 38.0 Å². The number of nitrogens with zero attached hydrogens (tertiary/aromatic N) is 2. The van der Waals surface area contributed by atoms with E-state index in [0.717, 1.165) is 32.2 Å². The first-order valence-corrected chi connectivity index (χ1v) is 12.0. The van der Waals surface area contributed by atoms with Crippen LogP contribution in [0, 0.1) is 0 Å². The Balaban J connectivity index is 1.84. The molecule has 2 aromatic carbocycles. The Morgan fingerprint density at radius 2 is 1.62 bits per heavy atom. The number of aromatic nitrogens is 2. The molecule has 0 aliphatic heterocycles. The molecule has 0 aliphatic carbocycles. The summed E-state index contributed by atoms with van der Waals surface area (Å²) in [5, 5.41) is 13.6. The van der Waals surface area contributed by atoms with E-state index in [4.69, 9.17) is 23.2 Å². The molecule has 0 fully saturated rings. The van der Waals surface area contributed by atoms with Gasteiger partial charge in [-0.2, -0.15) is 0 Å². The van der Waals surface area contributed by atoms with E-state index in [9.17, 15) is 5.11 Å². The molecule has 1 unspecified atom stereocenters. The van der Waals surface area contributed by atoms with Gasteiger partial charge in [0.1, 0.15) is 6.10 Å². The highest BCUT2D eigenvalue weighted by molar-refractivity contribution is 7.99. The Bertz CT molecular complexity index is 1170. The Hall–Kier alpha value is -2.24. The van der Waals surface area contributed by atoms with Crippen LogP contribution in [-0.4, -0.2) is 14.7 Å². The van der Waals surface area contributed by atoms with E-state index in [2.05, 4.69) is 29.6 Å². The molecule has 0 spiro atoms. The summed E-state index contributed by atoms with van der Waals surface area (Å²) in [4.78, 5) is 5.09. The van der Waals surface area contributed by atoms with Crippen molar-refractivity contribution < 1.29 is 5.11 Å². The van der Waals surface area contributed by atoms with Crippen LogP contribution in [0.25, 0.3) is 0 Å². The summed E-state index contributed by atoms with van der Waals surface area (Å²) in [6, 6.07) is 19.3. The Morgan fingerprint density at radius 3 is 2.25 bits per heavy atom. The predicted octanol–water partition coefficient (Wildman–Crippen LogP) is 7.59. The quantitative estimate of drug-likeness (QED) is 0.294. The third kappa shape index (κ3) is 5.21. The monoisotopic (exact) mass is 482 g/mol. The minimum atomic E-state index is -0.713. The first-order chi connectivity index (χ1) is 15.4. The van der Waals surface area contributed by atoms with Crippen molar-refractivity contribution in [1.82, 2.24) is 9.55 Å². The molecule has 0 saturated heterocycles. The van der Waals surface area contributed by atoms with Gasteiger partial charge in [0, 0.05) is 45.6 Å². The molecule has 1 atom stereocenters.